The molecular formula is C27H27ClN4O6S. The Labute approximate surface area is 230 Å². The van der Waals surface area contributed by atoms with Crippen LogP contribution in [-0.2, 0) is 14.8 Å². The zero-order valence-corrected chi connectivity index (χ0v) is 22.9. The number of aromatic amines is 1. The van der Waals surface area contributed by atoms with Gasteiger partial charge in [0, 0.05) is 46.8 Å². The van der Waals surface area contributed by atoms with E-state index in [0.29, 0.717) is 27.6 Å². The van der Waals surface area contributed by atoms with E-state index < -0.39 is 22.0 Å². The number of sulfonamides is 1. The van der Waals surface area contributed by atoms with E-state index >= 15 is 0 Å². The molecule has 10 nitrogen and oxygen atoms in total. The SMILES string of the molecule is COc1ccc(-c2ccc(OC[C@@H]3CN(S(=O)(=O)c4c(C(N)=O)[nH]c5ccc(Cl)cc45)CCO3)cc2C)cn1. The van der Waals surface area contributed by atoms with Gasteiger partial charge in [0.25, 0.3) is 5.91 Å². The summed E-state index contributed by atoms with van der Waals surface area (Å²) in [6, 6.07) is 14.2. The zero-order valence-electron chi connectivity index (χ0n) is 21.3. The van der Waals surface area contributed by atoms with E-state index in [1.807, 2.05) is 31.2 Å². The molecular weight excluding hydrogens is 544 g/mol. The molecule has 5 rings (SSSR count). The van der Waals surface area contributed by atoms with Crippen LogP contribution in [0, 0.1) is 6.92 Å². The van der Waals surface area contributed by atoms with E-state index in [2.05, 4.69) is 9.97 Å². The minimum atomic E-state index is -4.11. The second-order valence-corrected chi connectivity index (χ2v) is 11.4. The number of H-pyrrole nitrogens is 1. The molecule has 3 N–H and O–H groups in total. The summed E-state index contributed by atoms with van der Waals surface area (Å²) in [5, 5.41) is 0.644. The van der Waals surface area contributed by atoms with E-state index in [1.165, 1.54) is 10.4 Å². The van der Waals surface area contributed by atoms with Crippen molar-refractivity contribution < 1.29 is 27.4 Å². The molecule has 2 aromatic heterocycles. The third-order valence-electron chi connectivity index (χ3n) is 6.55. The number of rotatable bonds is 8. The fraction of sp³-hybridized carbons (Fsp3) is 0.259. The van der Waals surface area contributed by atoms with Gasteiger partial charge in [-0.3, -0.25) is 4.79 Å². The second-order valence-electron chi connectivity index (χ2n) is 9.12. The molecule has 3 heterocycles. The molecule has 1 atom stereocenters. The number of amides is 1. The fourth-order valence-corrected chi connectivity index (χ4v) is 6.58. The number of morpholine rings is 1. The van der Waals surface area contributed by atoms with Crippen LogP contribution in [0.5, 0.6) is 11.6 Å². The summed E-state index contributed by atoms with van der Waals surface area (Å²) in [5.41, 5.74) is 8.72. The number of nitrogens with two attached hydrogens (primary N) is 1. The molecule has 1 fully saturated rings. The number of aromatic nitrogens is 2. The van der Waals surface area contributed by atoms with E-state index in [9.17, 15) is 13.2 Å². The first-order chi connectivity index (χ1) is 18.7. The zero-order chi connectivity index (χ0) is 27.7. The summed E-state index contributed by atoms with van der Waals surface area (Å²) >= 11 is 6.12. The van der Waals surface area contributed by atoms with Crippen molar-refractivity contribution in [2.45, 2.75) is 17.9 Å². The number of ether oxygens (including phenoxy) is 3. The van der Waals surface area contributed by atoms with Gasteiger partial charge in [-0.15, -0.1) is 0 Å². The van der Waals surface area contributed by atoms with Crippen molar-refractivity contribution in [1.82, 2.24) is 14.3 Å². The lowest BCUT2D eigenvalue weighted by Crippen LogP contribution is -2.47. The quantitative estimate of drug-likeness (QED) is 0.329. The van der Waals surface area contributed by atoms with Crippen molar-refractivity contribution in [2.24, 2.45) is 5.73 Å². The predicted molar refractivity (Wildman–Crippen MR) is 147 cm³/mol. The monoisotopic (exact) mass is 570 g/mol. The first-order valence-electron chi connectivity index (χ1n) is 12.1. The third-order valence-corrected chi connectivity index (χ3v) is 8.74. The Morgan fingerprint density at radius 3 is 2.74 bits per heavy atom. The van der Waals surface area contributed by atoms with Gasteiger partial charge in [-0.1, -0.05) is 17.7 Å². The van der Waals surface area contributed by atoms with Crippen LogP contribution in [0.3, 0.4) is 0 Å². The number of fused-ring (bicyclic) bond motifs is 1. The van der Waals surface area contributed by atoms with E-state index in [-0.39, 0.29) is 36.9 Å². The standard InChI is InChI=1S/C27H27ClN4O6S/c1-16-11-19(5-6-21(16)17-3-8-24(36-2)30-13-17)38-15-20-14-32(9-10-37-20)39(34,35)26-22-12-18(28)4-7-23(22)31-25(26)27(29)33/h3-8,11-13,20,31H,9-10,14-15H2,1-2H3,(H2,29,33)/t20-/m0/s1. The molecule has 4 aromatic rings. The number of carbonyl (C=O) groups is 1. The van der Waals surface area contributed by atoms with E-state index in [0.717, 1.165) is 16.7 Å². The highest BCUT2D eigenvalue weighted by atomic mass is 35.5. The smallest absolute Gasteiger partial charge is 0.266 e. The van der Waals surface area contributed by atoms with Crippen molar-refractivity contribution in [2.75, 3.05) is 33.4 Å². The van der Waals surface area contributed by atoms with Crippen LogP contribution in [0.4, 0.5) is 0 Å². The summed E-state index contributed by atoms with van der Waals surface area (Å²) < 4.78 is 45.6. The topological polar surface area (TPSA) is 137 Å². The maximum Gasteiger partial charge on any atom is 0.266 e. The molecule has 39 heavy (non-hydrogen) atoms. The molecule has 0 saturated carbocycles. The van der Waals surface area contributed by atoms with Crippen molar-refractivity contribution in [3.8, 4) is 22.8 Å². The first kappa shape index (κ1) is 26.9. The second kappa shape index (κ2) is 10.9. The normalized spacial score (nSPS) is 16.3. The Hall–Kier alpha value is -3.64. The number of carbonyl (C=O) groups excluding carboxylic acids is 1. The lowest BCUT2D eigenvalue weighted by Gasteiger charge is -2.32. The molecule has 1 aliphatic rings. The molecule has 204 valence electrons. The maximum atomic E-state index is 13.7. The van der Waals surface area contributed by atoms with Crippen molar-refractivity contribution in [3.05, 3.63) is 71.0 Å². The third kappa shape index (κ3) is 5.44. The number of pyridine rings is 1. The number of benzene rings is 2. The minimum Gasteiger partial charge on any atom is -0.491 e. The van der Waals surface area contributed by atoms with Crippen LogP contribution in [0.1, 0.15) is 16.1 Å². The van der Waals surface area contributed by atoms with Crippen LogP contribution in [-0.4, -0.2) is 68.1 Å². The highest BCUT2D eigenvalue weighted by molar-refractivity contribution is 7.89. The minimum absolute atomic E-state index is 0.0440. The lowest BCUT2D eigenvalue weighted by molar-refractivity contribution is -0.0249. The Morgan fingerprint density at radius 2 is 2.05 bits per heavy atom. The van der Waals surface area contributed by atoms with Gasteiger partial charge in [-0.05, 0) is 54.4 Å². The Kier molecular flexibility index (Phi) is 7.50. The summed E-state index contributed by atoms with van der Waals surface area (Å²) in [7, 11) is -2.54. The predicted octanol–water partition coefficient (Wildman–Crippen LogP) is 3.77. The van der Waals surface area contributed by atoms with E-state index in [4.69, 9.17) is 31.5 Å². The number of aryl methyl sites for hydroxylation is 1. The van der Waals surface area contributed by atoms with Crippen molar-refractivity contribution >= 4 is 38.4 Å². The van der Waals surface area contributed by atoms with Gasteiger partial charge < -0.3 is 24.9 Å². The molecule has 0 radical (unpaired) electrons. The van der Waals surface area contributed by atoms with Gasteiger partial charge in [-0.2, -0.15) is 4.31 Å². The van der Waals surface area contributed by atoms with Gasteiger partial charge in [0.15, 0.2) is 0 Å². The van der Waals surface area contributed by atoms with Crippen LogP contribution in [0.25, 0.3) is 22.0 Å². The fourth-order valence-electron chi connectivity index (χ4n) is 4.62. The lowest BCUT2D eigenvalue weighted by atomic mass is 10.0. The van der Waals surface area contributed by atoms with Gasteiger partial charge >= 0.3 is 0 Å². The summed E-state index contributed by atoms with van der Waals surface area (Å²) in [6.45, 7) is 2.44. The molecule has 1 saturated heterocycles. The Balaban J connectivity index is 1.31. The highest BCUT2D eigenvalue weighted by Gasteiger charge is 2.36. The average molecular weight is 571 g/mol. The van der Waals surface area contributed by atoms with Crippen LogP contribution in [0.2, 0.25) is 5.02 Å². The molecule has 0 aliphatic carbocycles. The van der Waals surface area contributed by atoms with Crippen LogP contribution >= 0.6 is 11.6 Å². The molecule has 0 spiro atoms. The summed E-state index contributed by atoms with van der Waals surface area (Å²) in [4.78, 5) is 19.0. The van der Waals surface area contributed by atoms with Gasteiger partial charge in [0.05, 0.1) is 13.7 Å². The number of hydrogen-bond donors (Lipinski definition) is 2. The molecule has 0 bridgehead atoms. The van der Waals surface area contributed by atoms with Gasteiger partial charge in [0.2, 0.25) is 15.9 Å². The molecule has 0 unspecified atom stereocenters. The van der Waals surface area contributed by atoms with Gasteiger partial charge in [0.1, 0.15) is 29.0 Å². The number of halogens is 1. The van der Waals surface area contributed by atoms with E-state index in [1.54, 1.807) is 31.5 Å². The number of nitrogens with zero attached hydrogens (tertiary/aromatic N) is 2. The molecule has 12 heteroatoms. The van der Waals surface area contributed by atoms with Crippen molar-refractivity contribution in [1.29, 1.82) is 0 Å². The average Bonchev–Trinajstić information content (AvgIpc) is 3.32. The number of primary amides is 1. The number of methoxy groups -OCH3 is 1. The van der Waals surface area contributed by atoms with Crippen molar-refractivity contribution in [3.63, 3.8) is 0 Å². The number of nitrogens with one attached hydrogen (secondary N) is 1. The number of hydrogen-bond acceptors (Lipinski definition) is 7. The molecule has 1 amide bonds. The maximum absolute atomic E-state index is 13.7. The largest absolute Gasteiger partial charge is 0.491 e. The van der Waals surface area contributed by atoms with Crippen LogP contribution < -0.4 is 15.2 Å². The summed E-state index contributed by atoms with van der Waals surface area (Å²) in [6.07, 6.45) is 1.22. The van der Waals surface area contributed by atoms with Gasteiger partial charge in [-0.25, -0.2) is 13.4 Å². The molecule has 2 aromatic carbocycles. The highest BCUT2D eigenvalue weighted by Crippen LogP contribution is 2.32. The Bertz CT molecular complexity index is 1640. The Morgan fingerprint density at radius 1 is 1.23 bits per heavy atom. The molecule has 1 aliphatic heterocycles. The summed E-state index contributed by atoms with van der Waals surface area (Å²) in [5.74, 6) is 0.293. The van der Waals surface area contributed by atoms with Crippen LogP contribution in [0.15, 0.2) is 59.6 Å². The first-order valence-corrected chi connectivity index (χ1v) is 14.0.